The number of nitrogens with two attached hydrogens (primary N) is 1. The molecule has 112 valence electrons. The molecule has 1 saturated carbocycles. The maximum atomic E-state index is 12.2. The predicted molar refractivity (Wildman–Crippen MR) is 78.4 cm³/mol. The van der Waals surface area contributed by atoms with E-state index in [1.165, 1.54) is 25.5 Å². The van der Waals surface area contributed by atoms with Crippen LogP contribution in [0.1, 0.15) is 38.3 Å². The van der Waals surface area contributed by atoms with E-state index in [0.717, 1.165) is 6.42 Å². The van der Waals surface area contributed by atoms with Gasteiger partial charge in [-0.25, -0.2) is 13.1 Å². The molecule has 2 atom stereocenters. The molecule has 2 unspecified atom stereocenters. The second-order valence-corrected chi connectivity index (χ2v) is 7.33. The van der Waals surface area contributed by atoms with Crippen molar-refractivity contribution in [2.24, 2.45) is 17.6 Å². The van der Waals surface area contributed by atoms with E-state index in [9.17, 15) is 8.42 Å². The van der Waals surface area contributed by atoms with Gasteiger partial charge < -0.3 is 5.73 Å². The highest BCUT2D eigenvalue weighted by atomic mass is 32.2. The summed E-state index contributed by atoms with van der Waals surface area (Å²) in [5, 5.41) is 0. The van der Waals surface area contributed by atoms with Crippen molar-refractivity contribution < 1.29 is 8.42 Å². The van der Waals surface area contributed by atoms with Crippen LogP contribution >= 0.6 is 0 Å². The third-order valence-corrected chi connectivity index (χ3v) is 5.55. The van der Waals surface area contributed by atoms with E-state index in [1.54, 1.807) is 12.1 Å². The van der Waals surface area contributed by atoms with Gasteiger partial charge in [-0.1, -0.05) is 26.2 Å². The predicted octanol–water partition coefficient (Wildman–Crippen LogP) is 1.64. The molecule has 1 heterocycles. The Morgan fingerprint density at radius 1 is 1.35 bits per heavy atom. The molecule has 1 fully saturated rings. The molecular formula is C14H23N3O2S. The van der Waals surface area contributed by atoms with Gasteiger partial charge in [0.05, 0.1) is 5.69 Å². The standard InChI is InChI=1S/C14H23N3O2S/c1-11-4-2-3-5-12(11)9-17-20(18,19)14-7-6-13(8-15)16-10-14/h6-7,10-12,17H,2-5,8-9,15H2,1H3. The van der Waals surface area contributed by atoms with Crippen LogP contribution in [0, 0.1) is 11.8 Å². The zero-order chi connectivity index (χ0) is 14.6. The number of nitrogens with zero attached hydrogens (tertiary/aromatic N) is 1. The second-order valence-electron chi connectivity index (χ2n) is 5.56. The molecule has 0 radical (unpaired) electrons. The van der Waals surface area contributed by atoms with Crippen LogP contribution in [0.4, 0.5) is 0 Å². The summed E-state index contributed by atoms with van der Waals surface area (Å²) in [6.07, 6.45) is 6.13. The number of pyridine rings is 1. The quantitative estimate of drug-likeness (QED) is 0.865. The van der Waals surface area contributed by atoms with Crippen molar-refractivity contribution in [1.29, 1.82) is 0 Å². The van der Waals surface area contributed by atoms with Crippen molar-refractivity contribution in [3.05, 3.63) is 24.0 Å². The van der Waals surface area contributed by atoms with Gasteiger partial charge in [0.1, 0.15) is 4.90 Å². The van der Waals surface area contributed by atoms with Gasteiger partial charge in [0, 0.05) is 19.3 Å². The largest absolute Gasteiger partial charge is 0.325 e. The Bertz CT molecular complexity index is 528. The summed E-state index contributed by atoms with van der Waals surface area (Å²) in [5.41, 5.74) is 6.14. The zero-order valence-corrected chi connectivity index (χ0v) is 12.7. The average molecular weight is 297 g/mol. The minimum absolute atomic E-state index is 0.207. The Morgan fingerprint density at radius 3 is 2.70 bits per heavy atom. The van der Waals surface area contributed by atoms with E-state index in [-0.39, 0.29) is 4.90 Å². The lowest BCUT2D eigenvalue weighted by molar-refractivity contribution is 0.257. The van der Waals surface area contributed by atoms with Gasteiger partial charge in [-0.05, 0) is 30.4 Å². The van der Waals surface area contributed by atoms with Crippen LogP contribution in [0.2, 0.25) is 0 Å². The molecule has 2 rings (SSSR count). The highest BCUT2D eigenvalue weighted by Gasteiger charge is 2.23. The minimum Gasteiger partial charge on any atom is -0.325 e. The Morgan fingerprint density at radius 2 is 2.10 bits per heavy atom. The zero-order valence-electron chi connectivity index (χ0n) is 11.9. The molecule has 1 aliphatic carbocycles. The van der Waals surface area contributed by atoms with Gasteiger partial charge in [-0.3, -0.25) is 4.98 Å². The van der Waals surface area contributed by atoms with Crippen molar-refractivity contribution in [1.82, 2.24) is 9.71 Å². The smallest absolute Gasteiger partial charge is 0.242 e. The lowest BCUT2D eigenvalue weighted by Gasteiger charge is -2.28. The van der Waals surface area contributed by atoms with Gasteiger partial charge in [-0.2, -0.15) is 0 Å². The van der Waals surface area contributed by atoms with Gasteiger partial charge >= 0.3 is 0 Å². The number of hydrogen-bond acceptors (Lipinski definition) is 4. The molecule has 6 heteroatoms. The van der Waals surface area contributed by atoms with Crippen molar-refractivity contribution >= 4 is 10.0 Å². The van der Waals surface area contributed by atoms with Crippen LogP contribution in [-0.2, 0) is 16.6 Å². The third-order valence-electron chi connectivity index (χ3n) is 4.14. The third kappa shape index (κ3) is 3.77. The van der Waals surface area contributed by atoms with Crippen LogP contribution in [0.5, 0.6) is 0 Å². The minimum atomic E-state index is -3.46. The fourth-order valence-corrected chi connectivity index (χ4v) is 3.73. The van der Waals surface area contributed by atoms with Gasteiger partial charge in [0.25, 0.3) is 0 Å². The summed E-state index contributed by atoms with van der Waals surface area (Å²) in [6.45, 7) is 3.03. The van der Waals surface area contributed by atoms with E-state index in [0.29, 0.717) is 30.6 Å². The monoisotopic (exact) mass is 297 g/mol. The van der Waals surface area contributed by atoms with Crippen LogP contribution in [0.25, 0.3) is 0 Å². The second kappa shape index (κ2) is 6.65. The molecular weight excluding hydrogens is 274 g/mol. The fourth-order valence-electron chi connectivity index (χ4n) is 2.69. The summed E-state index contributed by atoms with van der Waals surface area (Å²) < 4.78 is 27.1. The number of sulfonamides is 1. The van der Waals surface area contributed by atoms with Crippen LogP contribution in [0.15, 0.2) is 23.2 Å². The molecule has 0 amide bonds. The van der Waals surface area contributed by atoms with Gasteiger partial charge in [0.15, 0.2) is 0 Å². The first-order chi connectivity index (χ1) is 9.53. The summed E-state index contributed by atoms with van der Waals surface area (Å²) >= 11 is 0. The normalized spacial score (nSPS) is 23.7. The van der Waals surface area contributed by atoms with E-state index in [2.05, 4.69) is 16.6 Å². The first kappa shape index (κ1) is 15.4. The molecule has 1 aliphatic rings. The highest BCUT2D eigenvalue weighted by Crippen LogP contribution is 2.29. The molecule has 3 N–H and O–H groups in total. The Kier molecular flexibility index (Phi) is 5.12. The van der Waals surface area contributed by atoms with E-state index < -0.39 is 10.0 Å². The molecule has 0 spiro atoms. The molecule has 0 aliphatic heterocycles. The highest BCUT2D eigenvalue weighted by molar-refractivity contribution is 7.89. The van der Waals surface area contributed by atoms with E-state index >= 15 is 0 Å². The van der Waals surface area contributed by atoms with E-state index in [4.69, 9.17) is 5.73 Å². The van der Waals surface area contributed by atoms with Crippen LogP contribution in [-0.4, -0.2) is 19.9 Å². The molecule has 0 aromatic carbocycles. The van der Waals surface area contributed by atoms with Crippen molar-refractivity contribution in [2.75, 3.05) is 6.54 Å². The molecule has 0 bridgehead atoms. The summed E-state index contributed by atoms with van der Waals surface area (Å²) in [4.78, 5) is 4.24. The van der Waals surface area contributed by atoms with Crippen molar-refractivity contribution in [3.8, 4) is 0 Å². The fraction of sp³-hybridized carbons (Fsp3) is 0.643. The van der Waals surface area contributed by atoms with E-state index in [1.807, 2.05) is 0 Å². The lowest BCUT2D eigenvalue weighted by atomic mass is 9.81. The average Bonchev–Trinajstić information content (AvgIpc) is 2.46. The Labute approximate surface area is 121 Å². The van der Waals surface area contributed by atoms with Crippen LogP contribution in [0.3, 0.4) is 0 Å². The maximum absolute atomic E-state index is 12.2. The molecule has 1 aromatic heterocycles. The summed E-state index contributed by atoms with van der Waals surface area (Å²) in [6, 6.07) is 3.21. The molecule has 5 nitrogen and oxygen atoms in total. The Balaban J connectivity index is 1.99. The molecule has 20 heavy (non-hydrogen) atoms. The molecule has 1 aromatic rings. The first-order valence-electron chi connectivity index (χ1n) is 7.17. The van der Waals surface area contributed by atoms with Gasteiger partial charge in [-0.15, -0.1) is 0 Å². The van der Waals surface area contributed by atoms with Gasteiger partial charge in [0.2, 0.25) is 10.0 Å². The SMILES string of the molecule is CC1CCCCC1CNS(=O)(=O)c1ccc(CN)nc1. The maximum Gasteiger partial charge on any atom is 0.242 e. The number of aromatic nitrogens is 1. The number of nitrogens with one attached hydrogen (secondary N) is 1. The number of rotatable bonds is 5. The molecule has 0 saturated heterocycles. The summed E-state index contributed by atoms with van der Waals surface area (Å²) in [5.74, 6) is 1.03. The van der Waals surface area contributed by atoms with Crippen molar-refractivity contribution in [3.63, 3.8) is 0 Å². The first-order valence-corrected chi connectivity index (χ1v) is 8.66. The lowest BCUT2D eigenvalue weighted by Crippen LogP contribution is -2.33. The summed E-state index contributed by atoms with van der Waals surface area (Å²) in [7, 11) is -3.46. The topological polar surface area (TPSA) is 85.1 Å². The van der Waals surface area contributed by atoms with Crippen LogP contribution < -0.4 is 10.5 Å². The Hall–Kier alpha value is -0.980. The number of hydrogen-bond donors (Lipinski definition) is 2. The van der Waals surface area contributed by atoms with Crippen molar-refractivity contribution in [2.45, 2.75) is 44.0 Å².